The Morgan fingerprint density at radius 2 is 1.73 bits per heavy atom. The van der Waals surface area contributed by atoms with Crippen molar-refractivity contribution in [3.8, 4) is 5.82 Å². The second-order valence-corrected chi connectivity index (χ2v) is 8.37. The van der Waals surface area contributed by atoms with E-state index in [9.17, 15) is 26.3 Å². The highest BCUT2D eigenvalue weighted by molar-refractivity contribution is 5.50. The van der Waals surface area contributed by atoms with E-state index in [0.29, 0.717) is 30.6 Å². The van der Waals surface area contributed by atoms with Crippen LogP contribution in [0.1, 0.15) is 48.1 Å². The molecular formula is C21H18F6N6. The predicted octanol–water partition coefficient (Wildman–Crippen LogP) is 5.13. The lowest BCUT2D eigenvalue weighted by atomic mass is 9.97. The van der Waals surface area contributed by atoms with Gasteiger partial charge < -0.3 is 4.90 Å². The van der Waals surface area contributed by atoms with E-state index in [1.807, 2.05) is 13.0 Å². The first-order valence-electron chi connectivity index (χ1n) is 10.3. The van der Waals surface area contributed by atoms with Crippen LogP contribution < -0.4 is 4.90 Å². The summed E-state index contributed by atoms with van der Waals surface area (Å²) < 4.78 is 82.3. The Kier molecular flexibility index (Phi) is 4.87. The van der Waals surface area contributed by atoms with Gasteiger partial charge in [-0.2, -0.15) is 26.3 Å². The van der Waals surface area contributed by atoms with Crippen LogP contribution in [-0.2, 0) is 12.4 Å². The molecule has 174 valence electrons. The van der Waals surface area contributed by atoms with E-state index in [-0.39, 0.29) is 23.8 Å². The zero-order valence-corrected chi connectivity index (χ0v) is 17.3. The molecule has 0 spiro atoms. The van der Waals surface area contributed by atoms with Gasteiger partial charge in [-0.1, -0.05) is 6.07 Å². The van der Waals surface area contributed by atoms with E-state index < -0.39 is 29.7 Å². The van der Waals surface area contributed by atoms with Crippen LogP contribution in [0.5, 0.6) is 0 Å². The molecule has 0 unspecified atom stereocenters. The topological polar surface area (TPSA) is 59.7 Å². The third-order valence-corrected chi connectivity index (χ3v) is 6.24. The number of halogens is 6. The van der Waals surface area contributed by atoms with Crippen molar-refractivity contribution in [2.24, 2.45) is 5.92 Å². The second kappa shape index (κ2) is 7.42. The SMILES string of the molecule is Cc1cccc(-n2cnnc2[C@@H]2[C@H]3CC[C@H](C3)N2c2cc(C(F)(F)F)cc(C(F)(F)F)n2)n1. The molecule has 0 N–H and O–H groups in total. The molecule has 33 heavy (non-hydrogen) atoms. The van der Waals surface area contributed by atoms with Crippen molar-refractivity contribution in [2.75, 3.05) is 4.90 Å². The summed E-state index contributed by atoms with van der Waals surface area (Å²) in [6, 6.07) is 5.26. The lowest BCUT2D eigenvalue weighted by Crippen LogP contribution is -2.37. The summed E-state index contributed by atoms with van der Waals surface area (Å²) in [6.45, 7) is 1.81. The summed E-state index contributed by atoms with van der Waals surface area (Å²) in [4.78, 5) is 9.63. The maximum absolute atomic E-state index is 13.5. The molecular weight excluding hydrogens is 450 g/mol. The van der Waals surface area contributed by atoms with Gasteiger partial charge in [-0.05, 0) is 56.4 Å². The largest absolute Gasteiger partial charge is 0.433 e. The van der Waals surface area contributed by atoms with Crippen LogP contribution in [0.2, 0.25) is 0 Å². The minimum absolute atomic E-state index is 0.00608. The van der Waals surface area contributed by atoms with Crippen LogP contribution in [-0.4, -0.2) is 30.8 Å². The number of alkyl halides is 6. The first-order valence-corrected chi connectivity index (χ1v) is 10.3. The zero-order valence-electron chi connectivity index (χ0n) is 17.3. The average Bonchev–Trinajstić information content (AvgIpc) is 3.47. The highest BCUT2D eigenvalue weighted by Gasteiger charge is 2.50. The van der Waals surface area contributed by atoms with Gasteiger partial charge in [-0.25, -0.2) is 9.97 Å². The van der Waals surface area contributed by atoms with Gasteiger partial charge in [0.25, 0.3) is 0 Å². The molecule has 0 radical (unpaired) electrons. The second-order valence-electron chi connectivity index (χ2n) is 8.37. The van der Waals surface area contributed by atoms with E-state index in [0.717, 1.165) is 12.1 Å². The third kappa shape index (κ3) is 3.80. The lowest BCUT2D eigenvalue weighted by molar-refractivity contribution is -0.145. The molecule has 6 nitrogen and oxygen atoms in total. The normalized spacial score (nSPS) is 22.9. The first kappa shape index (κ1) is 21.7. The number of rotatable bonds is 3. The number of aryl methyl sites for hydroxylation is 1. The fraction of sp³-hybridized carbons (Fsp3) is 0.429. The Morgan fingerprint density at radius 1 is 0.939 bits per heavy atom. The number of anilines is 1. The van der Waals surface area contributed by atoms with Gasteiger partial charge in [-0.3, -0.25) is 4.57 Å². The van der Waals surface area contributed by atoms with Crippen LogP contribution in [0.3, 0.4) is 0 Å². The van der Waals surface area contributed by atoms with Crippen molar-refractivity contribution in [3.05, 3.63) is 59.4 Å². The molecule has 1 saturated carbocycles. The van der Waals surface area contributed by atoms with Crippen molar-refractivity contribution in [1.82, 2.24) is 24.7 Å². The molecule has 2 bridgehead atoms. The number of fused-ring (bicyclic) bond motifs is 2. The van der Waals surface area contributed by atoms with Crippen LogP contribution in [0.15, 0.2) is 36.7 Å². The fourth-order valence-electron chi connectivity index (χ4n) is 4.89. The Bertz CT molecular complexity index is 1150. The Labute approximate surface area is 184 Å². The van der Waals surface area contributed by atoms with Gasteiger partial charge in [0, 0.05) is 11.7 Å². The fourth-order valence-corrected chi connectivity index (χ4v) is 4.89. The molecule has 1 aliphatic heterocycles. The zero-order chi connectivity index (χ0) is 23.5. The van der Waals surface area contributed by atoms with Gasteiger partial charge in [0.15, 0.2) is 5.82 Å². The van der Waals surface area contributed by atoms with E-state index in [1.54, 1.807) is 21.6 Å². The van der Waals surface area contributed by atoms with Crippen LogP contribution in [0.25, 0.3) is 5.82 Å². The van der Waals surface area contributed by atoms with Crippen molar-refractivity contribution in [2.45, 2.75) is 50.6 Å². The number of hydrogen-bond acceptors (Lipinski definition) is 5. The van der Waals surface area contributed by atoms with Crippen LogP contribution in [0.4, 0.5) is 32.2 Å². The Hall–Kier alpha value is -3.18. The molecule has 0 aromatic carbocycles. The highest BCUT2D eigenvalue weighted by Crippen LogP contribution is 2.52. The molecule has 2 fully saturated rings. The molecule has 4 heterocycles. The van der Waals surface area contributed by atoms with Gasteiger partial charge >= 0.3 is 12.4 Å². The van der Waals surface area contributed by atoms with Crippen molar-refractivity contribution >= 4 is 5.82 Å². The van der Waals surface area contributed by atoms with Gasteiger partial charge in [0.2, 0.25) is 0 Å². The predicted molar refractivity (Wildman–Crippen MR) is 104 cm³/mol. The van der Waals surface area contributed by atoms with Crippen LogP contribution >= 0.6 is 0 Å². The maximum Gasteiger partial charge on any atom is 0.433 e. The summed E-state index contributed by atoms with van der Waals surface area (Å²) in [7, 11) is 0. The number of piperidine rings is 1. The van der Waals surface area contributed by atoms with Crippen LogP contribution in [0, 0.1) is 12.8 Å². The van der Waals surface area contributed by atoms with E-state index in [2.05, 4.69) is 20.2 Å². The minimum Gasteiger partial charge on any atom is -0.343 e. The van der Waals surface area contributed by atoms with E-state index >= 15 is 0 Å². The van der Waals surface area contributed by atoms with E-state index in [1.165, 1.54) is 6.33 Å². The molecule has 2 aliphatic rings. The number of aromatic nitrogens is 5. The van der Waals surface area contributed by atoms with Gasteiger partial charge in [-0.15, -0.1) is 10.2 Å². The summed E-state index contributed by atoms with van der Waals surface area (Å²) in [6.07, 6.45) is -6.46. The Balaban J connectivity index is 1.64. The molecule has 0 amide bonds. The van der Waals surface area contributed by atoms with Gasteiger partial charge in [0.1, 0.15) is 23.7 Å². The number of nitrogens with zero attached hydrogens (tertiary/aromatic N) is 6. The first-order chi connectivity index (χ1) is 15.5. The van der Waals surface area contributed by atoms with Crippen molar-refractivity contribution in [1.29, 1.82) is 0 Å². The van der Waals surface area contributed by atoms with Gasteiger partial charge in [0.05, 0.1) is 11.6 Å². The van der Waals surface area contributed by atoms with E-state index in [4.69, 9.17) is 0 Å². The molecule has 1 saturated heterocycles. The monoisotopic (exact) mass is 468 g/mol. The standard InChI is InChI=1S/C21H18F6N6/c1-11-3-2-4-16(29-11)32-10-28-31-19(32)18-12-5-6-14(7-12)33(18)17-9-13(20(22,23)24)8-15(30-17)21(25,26)27/h2-4,8-10,12,14,18H,5-7H2,1H3/t12-,14+,18-/m0/s1. The summed E-state index contributed by atoms with van der Waals surface area (Å²) in [5.74, 6) is 0.563. The molecule has 3 aromatic heterocycles. The quantitative estimate of drug-likeness (QED) is 0.499. The molecule has 3 aromatic rings. The van der Waals surface area contributed by atoms with Crippen molar-refractivity contribution in [3.63, 3.8) is 0 Å². The average molecular weight is 468 g/mol. The lowest BCUT2D eigenvalue weighted by Gasteiger charge is -2.36. The smallest absolute Gasteiger partial charge is 0.343 e. The minimum atomic E-state index is -5.02. The van der Waals surface area contributed by atoms with Crippen molar-refractivity contribution < 1.29 is 26.3 Å². The third-order valence-electron chi connectivity index (χ3n) is 6.24. The molecule has 12 heteroatoms. The summed E-state index contributed by atoms with van der Waals surface area (Å²) >= 11 is 0. The number of pyridine rings is 2. The molecule has 5 rings (SSSR count). The number of hydrogen-bond donors (Lipinski definition) is 0. The highest BCUT2D eigenvalue weighted by atomic mass is 19.4. The Morgan fingerprint density at radius 3 is 2.42 bits per heavy atom. The maximum atomic E-state index is 13.5. The molecule has 3 atom stereocenters. The summed E-state index contributed by atoms with van der Waals surface area (Å²) in [5.41, 5.74) is -2.22. The molecule has 1 aliphatic carbocycles. The summed E-state index contributed by atoms with van der Waals surface area (Å²) in [5, 5.41) is 8.16.